The van der Waals surface area contributed by atoms with Gasteiger partial charge in [-0.1, -0.05) is 6.42 Å². The average Bonchev–Trinajstić information content (AvgIpc) is 3.36. The molecular weight excluding hydrogens is 510 g/mol. The number of rotatable bonds is 11. The van der Waals surface area contributed by atoms with Gasteiger partial charge in [-0.05, 0) is 63.4 Å². The van der Waals surface area contributed by atoms with E-state index in [1.807, 2.05) is 12.1 Å². The summed E-state index contributed by atoms with van der Waals surface area (Å²) in [6, 6.07) is 6.16. The molecule has 39 heavy (non-hydrogen) atoms. The molecule has 11 heteroatoms. The molecule has 0 radical (unpaired) electrons. The van der Waals surface area contributed by atoms with E-state index in [0.717, 1.165) is 26.1 Å². The molecule has 5 rings (SSSR count). The van der Waals surface area contributed by atoms with Crippen molar-refractivity contribution in [2.24, 2.45) is 0 Å². The number of hydrogen-bond acceptors (Lipinski definition) is 7. The molecule has 1 aromatic carbocycles. The van der Waals surface area contributed by atoms with Crippen molar-refractivity contribution in [1.82, 2.24) is 19.6 Å². The second-order valence-electron chi connectivity index (χ2n) is 9.99. The van der Waals surface area contributed by atoms with E-state index in [0.29, 0.717) is 42.1 Å². The lowest BCUT2D eigenvalue weighted by Crippen LogP contribution is -2.50. The molecule has 1 aliphatic carbocycles. The van der Waals surface area contributed by atoms with Gasteiger partial charge in [-0.2, -0.15) is 8.78 Å². The van der Waals surface area contributed by atoms with Crippen LogP contribution in [0.25, 0.3) is 16.9 Å². The zero-order chi connectivity index (χ0) is 27.4. The highest BCUT2D eigenvalue weighted by atomic mass is 19.3. The van der Waals surface area contributed by atoms with Gasteiger partial charge in [0, 0.05) is 24.4 Å². The number of fused-ring (bicyclic) bond motifs is 1. The summed E-state index contributed by atoms with van der Waals surface area (Å²) in [6.07, 6.45) is 8.71. The Labute approximate surface area is 225 Å². The molecule has 210 valence electrons. The van der Waals surface area contributed by atoms with E-state index < -0.39 is 24.7 Å². The van der Waals surface area contributed by atoms with Crippen LogP contribution in [0.4, 0.5) is 8.78 Å². The number of nitrogens with one attached hydrogen (secondary N) is 1. The van der Waals surface area contributed by atoms with Crippen LogP contribution in [-0.4, -0.2) is 77.4 Å². The van der Waals surface area contributed by atoms with Crippen LogP contribution in [0.2, 0.25) is 0 Å². The molecule has 2 N–H and O–H groups in total. The minimum absolute atomic E-state index is 0.0677. The van der Waals surface area contributed by atoms with Crippen molar-refractivity contribution in [3.63, 3.8) is 0 Å². The maximum absolute atomic E-state index is 13.3. The van der Waals surface area contributed by atoms with Crippen LogP contribution >= 0.6 is 0 Å². The first-order chi connectivity index (χ1) is 18.9. The molecule has 2 atom stereocenters. The fraction of sp³-hybridized carbons (Fsp3) is 0.500. The Morgan fingerprint density at radius 1 is 1.18 bits per heavy atom. The highest BCUT2D eigenvalue weighted by Gasteiger charge is 2.32. The first-order valence-electron chi connectivity index (χ1n) is 13.4. The van der Waals surface area contributed by atoms with Crippen LogP contribution < -0.4 is 19.5 Å². The van der Waals surface area contributed by atoms with Crippen LogP contribution in [-0.2, 0) is 0 Å². The molecule has 1 amide bonds. The van der Waals surface area contributed by atoms with Gasteiger partial charge in [-0.25, -0.2) is 4.98 Å². The van der Waals surface area contributed by atoms with Gasteiger partial charge in [0.2, 0.25) is 0 Å². The van der Waals surface area contributed by atoms with E-state index in [9.17, 15) is 18.7 Å². The second-order valence-corrected chi connectivity index (χ2v) is 9.99. The maximum atomic E-state index is 13.3. The summed E-state index contributed by atoms with van der Waals surface area (Å²) in [7, 11) is 1.35. The minimum Gasteiger partial charge on any atom is -0.496 e. The molecule has 1 saturated carbocycles. The van der Waals surface area contributed by atoms with Gasteiger partial charge >= 0.3 is 6.61 Å². The third-order valence-electron chi connectivity index (χ3n) is 7.40. The van der Waals surface area contributed by atoms with Gasteiger partial charge < -0.3 is 29.5 Å². The van der Waals surface area contributed by atoms with Crippen LogP contribution in [0.5, 0.6) is 17.2 Å². The molecule has 2 aromatic heterocycles. The van der Waals surface area contributed by atoms with Gasteiger partial charge in [0.15, 0.2) is 0 Å². The van der Waals surface area contributed by atoms with E-state index in [1.54, 1.807) is 22.9 Å². The molecule has 0 bridgehead atoms. The number of aliphatic hydroxyl groups is 1. The number of benzene rings is 1. The predicted octanol–water partition coefficient (Wildman–Crippen LogP) is 4.12. The predicted molar refractivity (Wildman–Crippen MR) is 141 cm³/mol. The maximum Gasteiger partial charge on any atom is 0.387 e. The number of aromatic nitrogens is 2. The van der Waals surface area contributed by atoms with Gasteiger partial charge in [0.1, 0.15) is 28.5 Å². The Balaban J connectivity index is 1.35. The zero-order valence-corrected chi connectivity index (χ0v) is 21.9. The van der Waals surface area contributed by atoms with Crippen LogP contribution in [0.15, 0.2) is 36.7 Å². The quantitative estimate of drug-likeness (QED) is 0.351. The highest BCUT2D eigenvalue weighted by molar-refractivity contribution is 6.01. The summed E-state index contributed by atoms with van der Waals surface area (Å²) in [4.78, 5) is 19.9. The van der Waals surface area contributed by atoms with Crippen molar-refractivity contribution in [2.45, 2.75) is 57.3 Å². The second kappa shape index (κ2) is 12.2. The molecule has 3 heterocycles. The third kappa shape index (κ3) is 6.25. The van der Waals surface area contributed by atoms with Gasteiger partial charge in [0.05, 0.1) is 37.8 Å². The molecule has 9 nitrogen and oxygen atoms in total. The van der Waals surface area contributed by atoms with Crippen molar-refractivity contribution in [1.29, 1.82) is 0 Å². The number of imidazole rings is 1. The summed E-state index contributed by atoms with van der Waals surface area (Å²) >= 11 is 0. The van der Waals surface area contributed by atoms with Crippen LogP contribution in [0.1, 0.15) is 48.9 Å². The molecule has 2 fully saturated rings. The number of hydrogen-bond donors (Lipinski definition) is 2. The number of ether oxygens (including phenoxy) is 3. The molecule has 0 unspecified atom stereocenters. The molecular formula is C28H34F2N4O5. The minimum atomic E-state index is -3.15. The highest BCUT2D eigenvalue weighted by Crippen LogP contribution is 2.37. The summed E-state index contributed by atoms with van der Waals surface area (Å²) in [6.45, 7) is 0.797. The van der Waals surface area contributed by atoms with Crippen molar-refractivity contribution < 1.29 is 32.9 Å². The monoisotopic (exact) mass is 544 g/mol. The fourth-order valence-corrected chi connectivity index (χ4v) is 5.13. The van der Waals surface area contributed by atoms with E-state index in [1.165, 1.54) is 32.4 Å². The molecule has 2 aliphatic rings. The lowest BCUT2D eigenvalue weighted by Gasteiger charge is -2.33. The van der Waals surface area contributed by atoms with Gasteiger partial charge in [0.25, 0.3) is 5.91 Å². The number of alkyl halides is 2. The summed E-state index contributed by atoms with van der Waals surface area (Å²) in [5.41, 5.74) is 1.54. The Bertz CT molecular complexity index is 1290. The first-order valence-corrected chi connectivity index (χ1v) is 13.4. The van der Waals surface area contributed by atoms with Crippen molar-refractivity contribution >= 4 is 11.6 Å². The smallest absolute Gasteiger partial charge is 0.387 e. The van der Waals surface area contributed by atoms with E-state index in [2.05, 4.69) is 15.2 Å². The van der Waals surface area contributed by atoms with Crippen molar-refractivity contribution in [3.8, 4) is 28.5 Å². The number of likely N-dealkylation sites (tertiary alicyclic amines) is 1. The van der Waals surface area contributed by atoms with Crippen LogP contribution in [0.3, 0.4) is 0 Å². The average molecular weight is 545 g/mol. The Morgan fingerprint density at radius 2 is 1.97 bits per heavy atom. The van der Waals surface area contributed by atoms with Crippen LogP contribution in [0, 0.1) is 0 Å². The lowest BCUT2D eigenvalue weighted by atomic mass is 9.89. The first kappa shape index (κ1) is 27.1. The fourth-order valence-electron chi connectivity index (χ4n) is 5.13. The summed E-state index contributed by atoms with van der Waals surface area (Å²) in [5.74, 6) is -0.215. The number of halogens is 2. The summed E-state index contributed by atoms with van der Waals surface area (Å²) < 4.78 is 44.6. The normalized spacial score (nSPS) is 19.6. The Hall–Kier alpha value is -3.44. The van der Waals surface area contributed by atoms with E-state index >= 15 is 0 Å². The number of carbonyl (C=O) groups is 1. The lowest BCUT2D eigenvalue weighted by molar-refractivity contribution is -0.0502. The Kier molecular flexibility index (Phi) is 8.47. The topological polar surface area (TPSA) is 97.6 Å². The van der Waals surface area contributed by atoms with E-state index in [-0.39, 0.29) is 17.1 Å². The van der Waals surface area contributed by atoms with E-state index in [4.69, 9.17) is 14.2 Å². The van der Waals surface area contributed by atoms with Crippen molar-refractivity contribution in [3.05, 3.63) is 42.2 Å². The molecule has 3 aromatic rings. The molecule has 1 saturated heterocycles. The van der Waals surface area contributed by atoms with Crippen molar-refractivity contribution in [2.75, 3.05) is 33.4 Å². The zero-order valence-electron chi connectivity index (χ0n) is 21.9. The SMILES string of the molecule is COc1cc(-c2cnc3cc(OCCCN4CCCCC4)ccn23)cc(OC(F)F)c1C(=O)N[C@H]1CC[C@@H]1O. The summed E-state index contributed by atoms with van der Waals surface area (Å²) in [5, 5.41) is 12.5. The number of amides is 1. The van der Waals surface area contributed by atoms with Gasteiger partial charge in [-0.15, -0.1) is 0 Å². The molecule has 0 spiro atoms. The largest absolute Gasteiger partial charge is 0.496 e. The number of carbonyl (C=O) groups excluding carboxylic acids is 1. The molecule has 1 aliphatic heterocycles. The number of aliphatic hydroxyl groups excluding tert-OH is 1. The number of methoxy groups -OCH3 is 1. The van der Waals surface area contributed by atoms with Gasteiger partial charge in [-0.3, -0.25) is 9.20 Å². The number of piperidine rings is 1. The number of pyridine rings is 1. The number of nitrogens with zero attached hydrogens (tertiary/aromatic N) is 3. The third-order valence-corrected chi connectivity index (χ3v) is 7.40. The Morgan fingerprint density at radius 3 is 2.67 bits per heavy atom. The standard InChI is InChI=1S/C28H34F2N4O5/c1-37-23-14-18(15-24(39-28(29)30)26(23)27(36)32-20-6-7-22(20)35)21-17-31-25-16-19(8-12-34(21)25)38-13-5-11-33-9-3-2-4-10-33/h8,12,14-17,20,22,28,35H,2-7,9-11,13H2,1H3,(H,32,36)/t20-,22-/m0/s1.